The van der Waals surface area contributed by atoms with Crippen LogP contribution in [0.2, 0.25) is 5.15 Å². The van der Waals surface area contributed by atoms with E-state index in [4.69, 9.17) is 16.7 Å². The van der Waals surface area contributed by atoms with E-state index in [1.165, 1.54) is 11.8 Å². The second kappa shape index (κ2) is 10.1. The quantitative estimate of drug-likeness (QED) is 0.324. The van der Waals surface area contributed by atoms with Crippen molar-refractivity contribution >= 4 is 46.6 Å². The zero-order chi connectivity index (χ0) is 20.6. The van der Waals surface area contributed by atoms with E-state index in [0.29, 0.717) is 34.7 Å². The SMILES string of the molecule is CSc1c(Cl)nc(-c2ccc(NC(=O)Nc3ccccc3)cc2)nc1NCCO. The molecule has 9 heteroatoms. The number of aromatic nitrogens is 2. The molecule has 0 atom stereocenters. The smallest absolute Gasteiger partial charge is 0.323 e. The van der Waals surface area contributed by atoms with Crippen LogP contribution in [0.5, 0.6) is 0 Å². The van der Waals surface area contributed by atoms with Gasteiger partial charge in [-0.15, -0.1) is 11.8 Å². The molecule has 150 valence electrons. The lowest BCUT2D eigenvalue weighted by Crippen LogP contribution is -2.19. The summed E-state index contributed by atoms with van der Waals surface area (Å²) in [7, 11) is 0. The van der Waals surface area contributed by atoms with Crippen molar-refractivity contribution < 1.29 is 9.90 Å². The Morgan fingerprint density at radius 2 is 1.69 bits per heavy atom. The highest BCUT2D eigenvalue weighted by molar-refractivity contribution is 7.98. The van der Waals surface area contributed by atoms with Gasteiger partial charge in [-0.2, -0.15) is 0 Å². The number of para-hydroxylation sites is 1. The van der Waals surface area contributed by atoms with Crippen molar-refractivity contribution in [3.05, 3.63) is 59.8 Å². The molecule has 0 aliphatic rings. The van der Waals surface area contributed by atoms with Gasteiger partial charge in [-0.25, -0.2) is 14.8 Å². The van der Waals surface area contributed by atoms with E-state index in [2.05, 4.69) is 25.9 Å². The van der Waals surface area contributed by atoms with Gasteiger partial charge >= 0.3 is 6.03 Å². The number of hydrogen-bond acceptors (Lipinski definition) is 6. The molecule has 3 rings (SSSR count). The van der Waals surface area contributed by atoms with Gasteiger partial charge in [-0.05, 0) is 42.7 Å². The van der Waals surface area contributed by atoms with Crippen molar-refractivity contribution in [2.75, 3.05) is 35.4 Å². The van der Waals surface area contributed by atoms with Crippen LogP contribution in [-0.4, -0.2) is 40.5 Å². The maximum absolute atomic E-state index is 12.1. The highest BCUT2D eigenvalue weighted by atomic mass is 35.5. The second-order valence-electron chi connectivity index (χ2n) is 5.89. The Morgan fingerprint density at radius 3 is 2.31 bits per heavy atom. The summed E-state index contributed by atoms with van der Waals surface area (Å²) < 4.78 is 0. The van der Waals surface area contributed by atoms with Crippen molar-refractivity contribution in [2.45, 2.75) is 4.90 Å². The van der Waals surface area contributed by atoms with E-state index in [1.54, 1.807) is 24.3 Å². The Kier molecular flexibility index (Phi) is 7.29. The van der Waals surface area contributed by atoms with Crippen molar-refractivity contribution in [2.24, 2.45) is 0 Å². The largest absolute Gasteiger partial charge is 0.395 e. The number of carbonyl (C=O) groups excluding carboxylic acids is 1. The number of aliphatic hydroxyl groups excluding tert-OH is 1. The van der Waals surface area contributed by atoms with Gasteiger partial charge in [0.15, 0.2) is 5.82 Å². The molecule has 1 aromatic heterocycles. The minimum absolute atomic E-state index is 0.0177. The predicted molar refractivity (Wildman–Crippen MR) is 119 cm³/mol. The summed E-state index contributed by atoms with van der Waals surface area (Å²) in [5, 5.41) is 18.0. The van der Waals surface area contributed by atoms with E-state index in [9.17, 15) is 4.79 Å². The molecule has 0 spiro atoms. The maximum Gasteiger partial charge on any atom is 0.323 e. The molecule has 0 aliphatic heterocycles. The Balaban J connectivity index is 1.74. The summed E-state index contributed by atoms with van der Waals surface area (Å²) in [6.45, 7) is 0.343. The number of nitrogens with one attached hydrogen (secondary N) is 3. The van der Waals surface area contributed by atoms with E-state index in [0.717, 1.165) is 10.5 Å². The fourth-order valence-electron chi connectivity index (χ4n) is 2.54. The third-order valence-electron chi connectivity index (χ3n) is 3.87. The van der Waals surface area contributed by atoms with Gasteiger partial charge in [-0.1, -0.05) is 29.8 Å². The van der Waals surface area contributed by atoms with Crippen LogP contribution in [-0.2, 0) is 0 Å². The summed E-state index contributed by atoms with van der Waals surface area (Å²) in [5.41, 5.74) is 2.09. The lowest BCUT2D eigenvalue weighted by molar-refractivity contribution is 0.262. The third-order valence-corrected chi connectivity index (χ3v) is 5.05. The molecule has 2 aromatic carbocycles. The summed E-state index contributed by atoms with van der Waals surface area (Å²) >= 11 is 7.73. The average molecular weight is 430 g/mol. The van der Waals surface area contributed by atoms with Gasteiger partial charge in [0.1, 0.15) is 11.0 Å². The molecule has 0 radical (unpaired) electrons. The number of hydrogen-bond donors (Lipinski definition) is 4. The lowest BCUT2D eigenvalue weighted by Gasteiger charge is -2.12. The third kappa shape index (κ3) is 5.60. The second-order valence-corrected chi connectivity index (χ2v) is 7.07. The topological polar surface area (TPSA) is 99.2 Å². The van der Waals surface area contributed by atoms with Crippen LogP contribution in [0, 0.1) is 0 Å². The molecule has 7 nitrogen and oxygen atoms in total. The predicted octanol–water partition coefficient (Wildman–Crippen LogP) is 4.57. The van der Waals surface area contributed by atoms with E-state index in [1.807, 2.05) is 36.6 Å². The standard InChI is InChI=1S/C20H20ClN5O2S/c1-29-16-17(21)25-18(26-19(16)22-11-12-27)13-7-9-15(10-8-13)24-20(28)23-14-5-3-2-4-6-14/h2-10,27H,11-12H2,1H3,(H,22,25,26)(H2,23,24,28). The Bertz CT molecular complexity index is 971. The number of nitrogens with zero attached hydrogens (tertiary/aromatic N) is 2. The fraction of sp³-hybridized carbons (Fsp3) is 0.150. The number of anilines is 3. The number of amides is 2. The molecule has 3 aromatic rings. The first kappa shape index (κ1) is 20.9. The Morgan fingerprint density at radius 1 is 1.03 bits per heavy atom. The van der Waals surface area contributed by atoms with Crippen LogP contribution in [0.15, 0.2) is 59.5 Å². The van der Waals surface area contributed by atoms with E-state index < -0.39 is 0 Å². The molecule has 0 aliphatic carbocycles. The number of rotatable bonds is 7. The lowest BCUT2D eigenvalue weighted by atomic mass is 10.2. The van der Waals surface area contributed by atoms with E-state index >= 15 is 0 Å². The molecule has 0 unspecified atom stereocenters. The number of benzene rings is 2. The zero-order valence-electron chi connectivity index (χ0n) is 15.6. The summed E-state index contributed by atoms with van der Waals surface area (Å²) in [6.07, 6.45) is 1.88. The maximum atomic E-state index is 12.1. The minimum atomic E-state index is -0.331. The zero-order valence-corrected chi connectivity index (χ0v) is 17.2. The molecule has 1 heterocycles. The van der Waals surface area contributed by atoms with Crippen LogP contribution >= 0.6 is 23.4 Å². The first-order valence-corrected chi connectivity index (χ1v) is 10.4. The Labute approximate surface area is 177 Å². The van der Waals surface area contributed by atoms with Gasteiger partial charge in [0.05, 0.1) is 11.5 Å². The van der Waals surface area contributed by atoms with Crippen LogP contribution in [0.1, 0.15) is 0 Å². The van der Waals surface area contributed by atoms with E-state index in [-0.39, 0.29) is 12.6 Å². The summed E-state index contributed by atoms with van der Waals surface area (Å²) in [6, 6.07) is 16.0. The number of thioether (sulfide) groups is 1. The monoisotopic (exact) mass is 429 g/mol. The van der Waals surface area contributed by atoms with Gasteiger partial charge in [0, 0.05) is 23.5 Å². The Hall–Kier alpha value is -2.81. The van der Waals surface area contributed by atoms with Crippen molar-refractivity contribution in [3.63, 3.8) is 0 Å². The molecule has 0 saturated carbocycles. The van der Waals surface area contributed by atoms with Gasteiger partial charge in [0.25, 0.3) is 0 Å². The van der Waals surface area contributed by atoms with Crippen molar-refractivity contribution in [1.29, 1.82) is 0 Å². The first-order chi connectivity index (χ1) is 14.1. The molecule has 29 heavy (non-hydrogen) atoms. The van der Waals surface area contributed by atoms with Crippen molar-refractivity contribution in [1.82, 2.24) is 9.97 Å². The van der Waals surface area contributed by atoms with Crippen LogP contribution in [0.3, 0.4) is 0 Å². The number of aliphatic hydroxyl groups is 1. The highest BCUT2D eigenvalue weighted by Gasteiger charge is 2.13. The first-order valence-electron chi connectivity index (χ1n) is 8.80. The van der Waals surface area contributed by atoms with Gasteiger partial charge in [-0.3, -0.25) is 0 Å². The number of halogens is 1. The molecule has 2 amide bonds. The molecular formula is C20H20ClN5O2S. The van der Waals surface area contributed by atoms with Crippen LogP contribution in [0.4, 0.5) is 22.0 Å². The number of urea groups is 1. The van der Waals surface area contributed by atoms with Crippen LogP contribution < -0.4 is 16.0 Å². The number of carbonyl (C=O) groups is 1. The average Bonchev–Trinajstić information content (AvgIpc) is 2.73. The molecule has 0 bridgehead atoms. The summed E-state index contributed by atoms with van der Waals surface area (Å²) in [4.78, 5) is 21.7. The van der Waals surface area contributed by atoms with Crippen molar-refractivity contribution in [3.8, 4) is 11.4 Å². The minimum Gasteiger partial charge on any atom is -0.395 e. The molecule has 4 N–H and O–H groups in total. The molecule has 0 saturated heterocycles. The molecule has 0 fully saturated rings. The normalized spacial score (nSPS) is 10.4. The fourth-order valence-corrected chi connectivity index (χ4v) is 3.47. The summed E-state index contributed by atoms with van der Waals surface area (Å²) in [5.74, 6) is 1.03. The highest BCUT2D eigenvalue weighted by Crippen LogP contribution is 2.32. The van der Waals surface area contributed by atoms with Crippen LogP contribution in [0.25, 0.3) is 11.4 Å². The molecular weight excluding hydrogens is 410 g/mol. The van der Waals surface area contributed by atoms with Gasteiger partial charge in [0.2, 0.25) is 0 Å². The van der Waals surface area contributed by atoms with Gasteiger partial charge < -0.3 is 21.1 Å².